The Labute approximate surface area is 164 Å². The summed E-state index contributed by atoms with van der Waals surface area (Å²) in [7, 11) is 1.26. The topological polar surface area (TPSA) is 87.7 Å². The zero-order valence-electron chi connectivity index (χ0n) is 15.8. The van der Waals surface area contributed by atoms with Crippen LogP contribution in [0.2, 0.25) is 0 Å². The lowest BCUT2D eigenvalue weighted by atomic mass is 10.1. The van der Waals surface area contributed by atoms with Crippen molar-refractivity contribution in [1.29, 1.82) is 0 Å². The second-order valence-corrected chi connectivity index (χ2v) is 7.86. The van der Waals surface area contributed by atoms with Crippen molar-refractivity contribution in [2.24, 2.45) is 0 Å². The summed E-state index contributed by atoms with van der Waals surface area (Å²) in [5, 5.41) is 3.75. The van der Waals surface area contributed by atoms with Gasteiger partial charge in [0.15, 0.2) is 5.12 Å². The van der Waals surface area contributed by atoms with Crippen LogP contribution < -0.4 is 10.7 Å². The molecule has 148 valence electrons. The number of urea groups is 1. The molecule has 3 amide bonds. The molecule has 0 aliphatic heterocycles. The Morgan fingerprint density at radius 1 is 1.22 bits per heavy atom. The van der Waals surface area contributed by atoms with Gasteiger partial charge < -0.3 is 10.1 Å². The molecule has 1 aromatic rings. The number of rotatable bonds is 6. The fourth-order valence-corrected chi connectivity index (χ4v) is 3.92. The van der Waals surface area contributed by atoms with E-state index in [-0.39, 0.29) is 16.5 Å². The second kappa shape index (κ2) is 10.8. The van der Waals surface area contributed by atoms with Gasteiger partial charge in [-0.15, -0.1) is 0 Å². The molecule has 1 aliphatic carbocycles. The summed E-state index contributed by atoms with van der Waals surface area (Å²) in [6.45, 7) is 1.48. The minimum Gasteiger partial charge on any atom is -0.452 e. The largest absolute Gasteiger partial charge is 0.452 e. The molecular formula is C19H27N3O4S. The number of nitrogens with one attached hydrogen (secondary N) is 2. The lowest BCUT2D eigenvalue weighted by molar-refractivity contribution is -0.109. The normalized spacial score (nSPS) is 15.0. The first kappa shape index (κ1) is 21.1. The molecule has 1 fully saturated rings. The van der Waals surface area contributed by atoms with Crippen LogP contribution >= 0.6 is 11.8 Å². The SMILES string of the molecule is COC(=O)NN(C(=O)NC(CCc1ccccc1)SC(C)=O)C1CCCC1. The van der Waals surface area contributed by atoms with Crippen LogP contribution in [0, 0.1) is 0 Å². The number of carbonyl (C=O) groups excluding carboxylic acids is 3. The van der Waals surface area contributed by atoms with Crippen molar-refractivity contribution in [3.8, 4) is 0 Å². The van der Waals surface area contributed by atoms with Crippen LogP contribution in [0.4, 0.5) is 9.59 Å². The highest BCUT2D eigenvalue weighted by Gasteiger charge is 2.30. The number of hydrogen-bond acceptors (Lipinski definition) is 5. The number of nitrogens with zero attached hydrogens (tertiary/aromatic N) is 1. The van der Waals surface area contributed by atoms with E-state index >= 15 is 0 Å². The number of methoxy groups -OCH3 is 1. The van der Waals surface area contributed by atoms with E-state index < -0.39 is 12.1 Å². The number of hydrazine groups is 1. The summed E-state index contributed by atoms with van der Waals surface area (Å²) in [5.74, 6) is 0. The minimum absolute atomic E-state index is 0.0679. The van der Waals surface area contributed by atoms with Crippen LogP contribution in [0.1, 0.15) is 44.6 Å². The molecule has 0 spiro atoms. The number of benzene rings is 1. The van der Waals surface area contributed by atoms with E-state index in [9.17, 15) is 14.4 Å². The van der Waals surface area contributed by atoms with Crippen molar-refractivity contribution in [3.63, 3.8) is 0 Å². The predicted octanol–water partition coefficient (Wildman–Crippen LogP) is 3.45. The van der Waals surface area contributed by atoms with E-state index in [1.165, 1.54) is 19.0 Å². The molecule has 1 aliphatic rings. The highest BCUT2D eigenvalue weighted by Crippen LogP contribution is 2.23. The van der Waals surface area contributed by atoms with Gasteiger partial charge in [-0.2, -0.15) is 0 Å². The summed E-state index contributed by atoms with van der Waals surface area (Å²) < 4.78 is 4.63. The van der Waals surface area contributed by atoms with E-state index in [2.05, 4.69) is 15.5 Å². The number of ether oxygens (including phenoxy) is 1. The Morgan fingerprint density at radius 3 is 2.48 bits per heavy atom. The van der Waals surface area contributed by atoms with E-state index in [4.69, 9.17) is 0 Å². The quantitative estimate of drug-likeness (QED) is 0.571. The van der Waals surface area contributed by atoms with Gasteiger partial charge in [0.1, 0.15) is 0 Å². The molecule has 2 N–H and O–H groups in total. The summed E-state index contributed by atoms with van der Waals surface area (Å²) in [6.07, 6.45) is 4.33. The van der Waals surface area contributed by atoms with Gasteiger partial charge in [0.25, 0.3) is 0 Å². The first-order valence-corrected chi connectivity index (χ1v) is 10.0. The van der Waals surface area contributed by atoms with Gasteiger partial charge in [-0.3, -0.25) is 4.79 Å². The number of aryl methyl sites for hydroxylation is 1. The van der Waals surface area contributed by atoms with Gasteiger partial charge in [-0.25, -0.2) is 20.0 Å². The molecule has 1 unspecified atom stereocenters. The Morgan fingerprint density at radius 2 is 1.89 bits per heavy atom. The Kier molecular flexibility index (Phi) is 8.44. The Hall–Kier alpha value is -2.22. The average molecular weight is 394 g/mol. The molecule has 0 radical (unpaired) electrons. The lowest BCUT2D eigenvalue weighted by Gasteiger charge is -2.30. The lowest BCUT2D eigenvalue weighted by Crippen LogP contribution is -2.56. The van der Waals surface area contributed by atoms with Gasteiger partial charge in [-0.05, 0) is 31.2 Å². The van der Waals surface area contributed by atoms with Crippen LogP contribution in [-0.2, 0) is 16.0 Å². The fourth-order valence-electron chi connectivity index (χ4n) is 3.12. The predicted molar refractivity (Wildman–Crippen MR) is 105 cm³/mol. The van der Waals surface area contributed by atoms with Crippen molar-refractivity contribution >= 4 is 29.0 Å². The van der Waals surface area contributed by atoms with Crippen molar-refractivity contribution < 1.29 is 19.1 Å². The molecule has 0 saturated heterocycles. The second-order valence-electron chi connectivity index (χ2n) is 6.48. The summed E-state index contributed by atoms with van der Waals surface area (Å²) in [5.41, 5.74) is 3.65. The Bertz CT molecular complexity index is 635. The van der Waals surface area contributed by atoms with Crippen LogP contribution in [0.25, 0.3) is 0 Å². The summed E-state index contributed by atoms with van der Waals surface area (Å²) in [4.78, 5) is 36.1. The van der Waals surface area contributed by atoms with Crippen LogP contribution in [-0.4, -0.2) is 40.8 Å². The monoisotopic (exact) mass is 393 g/mol. The molecule has 0 aromatic heterocycles. The van der Waals surface area contributed by atoms with Crippen molar-refractivity contribution in [2.45, 2.75) is 56.9 Å². The van der Waals surface area contributed by atoms with Gasteiger partial charge in [0, 0.05) is 6.92 Å². The van der Waals surface area contributed by atoms with Crippen molar-refractivity contribution in [1.82, 2.24) is 15.8 Å². The zero-order valence-corrected chi connectivity index (χ0v) is 16.6. The molecule has 1 saturated carbocycles. The third-order valence-corrected chi connectivity index (χ3v) is 5.41. The maximum atomic E-state index is 12.8. The first-order valence-electron chi connectivity index (χ1n) is 9.15. The molecule has 8 heteroatoms. The molecule has 1 atom stereocenters. The van der Waals surface area contributed by atoms with Crippen molar-refractivity contribution in [2.75, 3.05) is 7.11 Å². The number of amides is 3. The minimum atomic E-state index is -0.683. The molecule has 0 heterocycles. The standard InChI is InChI=1S/C19H27N3O4S/c1-14(23)27-17(13-12-15-8-4-3-5-9-15)20-18(24)22(21-19(25)26-2)16-10-6-7-11-16/h3-5,8-9,16-17H,6-7,10-13H2,1-2H3,(H,20,24)(H,21,25). The zero-order chi connectivity index (χ0) is 19.6. The van der Waals surface area contributed by atoms with Crippen LogP contribution in [0.15, 0.2) is 30.3 Å². The fraction of sp³-hybridized carbons (Fsp3) is 0.526. The summed E-state index contributed by atoms with van der Waals surface area (Å²) >= 11 is 1.09. The third-order valence-electron chi connectivity index (χ3n) is 4.44. The van der Waals surface area contributed by atoms with E-state index in [1.54, 1.807) is 0 Å². The van der Waals surface area contributed by atoms with E-state index in [0.29, 0.717) is 6.42 Å². The molecule has 0 bridgehead atoms. The summed E-state index contributed by atoms with van der Waals surface area (Å²) in [6, 6.07) is 9.42. The third kappa shape index (κ3) is 7.13. The highest BCUT2D eigenvalue weighted by molar-refractivity contribution is 8.14. The molecule has 7 nitrogen and oxygen atoms in total. The number of hydrogen-bond donors (Lipinski definition) is 2. The number of thioether (sulfide) groups is 1. The van der Waals surface area contributed by atoms with Gasteiger partial charge in [0.05, 0.1) is 18.5 Å². The van der Waals surface area contributed by atoms with Gasteiger partial charge in [0.2, 0.25) is 0 Å². The van der Waals surface area contributed by atoms with Gasteiger partial charge >= 0.3 is 12.1 Å². The van der Waals surface area contributed by atoms with Crippen molar-refractivity contribution in [3.05, 3.63) is 35.9 Å². The van der Waals surface area contributed by atoms with E-state index in [0.717, 1.165) is 49.4 Å². The number of carbonyl (C=O) groups is 3. The maximum absolute atomic E-state index is 12.8. The van der Waals surface area contributed by atoms with E-state index in [1.807, 2.05) is 30.3 Å². The molecule has 2 rings (SSSR count). The molecular weight excluding hydrogens is 366 g/mol. The average Bonchev–Trinajstić information content (AvgIpc) is 3.18. The molecule has 1 aromatic carbocycles. The first-order chi connectivity index (χ1) is 13.0. The smallest absolute Gasteiger partial charge is 0.425 e. The Balaban J connectivity index is 2.01. The maximum Gasteiger partial charge on any atom is 0.425 e. The van der Waals surface area contributed by atoms with Gasteiger partial charge in [-0.1, -0.05) is 54.9 Å². The highest BCUT2D eigenvalue weighted by atomic mass is 32.2. The molecule has 27 heavy (non-hydrogen) atoms. The van der Waals surface area contributed by atoms with Crippen LogP contribution in [0.5, 0.6) is 0 Å². The van der Waals surface area contributed by atoms with Crippen LogP contribution in [0.3, 0.4) is 0 Å².